The number of pyridine rings is 1. The molecule has 0 radical (unpaired) electrons. The fourth-order valence-electron chi connectivity index (χ4n) is 2.73. The zero-order valence-corrected chi connectivity index (χ0v) is 15.3. The third-order valence-corrected chi connectivity index (χ3v) is 5.21. The van der Waals surface area contributed by atoms with Crippen LogP contribution < -0.4 is 4.74 Å². The first-order chi connectivity index (χ1) is 12.2. The average molecular weight is 357 g/mol. The maximum absolute atomic E-state index is 12.0. The lowest BCUT2D eigenvalue weighted by molar-refractivity contribution is 0.0494. The molecule has 0 aliphatic carbocycles. The van der Waals surface area contributed by atoms with Crippen molar-refractivity contribution in [2.75, 3.05) is 19.8 Å². The van der Waals surface area contributed by atoms with Crippen LogP contribution in [0.3, 0.4) is 0 Å². The van der Waals surface area contributed by atoms with Crippen LogP contribution in [-0.2, 0) is 10.5 Å². The zero-order valence-electron chi connectivity index (χ0n) is 14.4. The Morgan fingerprint density at radius 3 is 2.68 bits per heavy atom. The fourth-order valence-corrected chi connectivity index (χ4v) is 3.56. The van der Waals surface area contributed by atoms with Crippen molar-refractivity contribution in [2.45, 2.75) is 30.5 Å². The predicted octanol–water partition coefficient (Wildman–Crippen LogP) is 4.38. The van der Waals surface area contributed by atoms with E-state index in [9.17, 15) is 4.79 Å². The van der Waals surface area contributed by atoms with Gasteiger partial charge >= 0.3 is 0 Å². The van der Waals surface area contributed by atoms with Gasteiger partial charge in [-0.1, -0.05) is 30.3 Å². The second-order valence-electron chi connectivity index (χ2n) is 6.19. The van der Waals surface area contributed by atoms with Crippen molar-refractivity contribution in [3.8, 4) is 5.75 Å². The Kier molecular flexibility index (Phi) is 6.48. The fraction of sp³-hybridized carbons (Fsp3) is 0.400. The molecule has 1 aromatic carbocycles. The molecule has 2 heterocycles. The van der Waals surface area contributed by atoms with Crippen LogP contribution in [0.4, 0.5) is 0 Å². The van der Waals surface area contributed by atoms with E-state index in [1.165, 1.54) is 12.5 Å². The number of thioether (sulfide) groups is 1. The Labute approximate surface area is 152 Å². The quantitative estimate of drug-likeness (QED) is 0.543. The molecule has 1 aliphatic heterocycles. The normalized spacial score (nSPS) is 15.1. The standard InChI is InChI=1S/C20H23NO3S/c1-15(22)20-18(24-13-16-9-11-23-12-10-16)7-8-19(21-20)25-14-17-5-3-2-4-6-17/h2-8,16H,9-14H2,1H3. The van der Waals surface area contributed by atoms with Gasteiger partial charge in [0.05, 0.1) is 11.6 Å². The number of ether oxygens (including phenoxy) is 2. The number of Topliss-reactive ketones (excluding diaryl/α,β-unsaturated/α-hetero) is 1. The highest BCUT2D eigenvalue weighted by Gasteiger charge is 2.17. The minimum atomic E-state index is -0.0656. The molecule has 132 valence electrons. The molecule has 0 saturated carbocycles. The van der Waals surface area contributed by atoms with Gasteiger partial charge in [0.2, 0.25) is 0 Å². The summed E-state index contributed by atoms with van der Waals surface area (Å²) in [5, 5.41) is 0.840. The van der Waals surface area contributed by atoms with Crippen LogP contribution in [0.5, 0.6) is 5.75 Å². The summed E-state index contributed by atoms with van der Waals surface area (Å²) in [7, 11) is 0. The molecule has 0 atom stereocenters. The van der Waals surface area contributed by atoms with E-state index >= 15 is 0 Å². The molecule has 0 N–H and O–H groups in total. The van der Waals surface area contributed by atoms with Gasteiger partial charge in [-0.2, -0.15) is 0 Å². The van der Waals surface area contributed by atoms with Crippen molar-refractivity contribution in [3.05, 3.63) is 53.7 Å². The minimum absolute atomic E-state index is 0.0656. The van der Waals surface area contributed by atoms with E-state index in [2.05, 4.69) is 17.1 Å². The molecule has 3 rings (SSSR count). The largest absolute Gasteiger partial charge is 0.491 e. The maximum Gasteiger partial charge on any atom is 0.181 e. The maximum atomic E-state index is 12.0. The summed E-state index contributed by atoms with van der Waals surface area (Å²) in [4.78, 5) is 16.5. The first kappa shape index (κ1) is 18.0. The Balaban J connectivity index is 1.64. The van der Waals surface area contributed by atoms with Gasteiger partial charge in [0, 0.05) is 25.9 Å². The van der Waals surface area contributed by atoms with Gasteiger partial charge in [-0.05, 0) is 36.5 Å². The van der Waals surface area contributed by atoms with E-state index < -0.39 is 0 Å². The number of carbonyl (C=O) groups is 1. The van der Waals surface area contributed by atoms with E-state index in [4.69, 9.17) is 9.47 Å². The third-order valence-electron chi connectivity index (χ3n) is 4.21. The van der Waals surface area contributed by atoms with Gasteiger partial charge in [-0.25, -0.2) is 4.98 Å². The number of hydrogen-bond acceptors (Lipinski definition) is 5. The molecule has 0 amide bonds. The molecule has 2 aromatic rings. The molecular formula is C20H23NO3S. The van der Waals surface area contributed by atoms with Crippen LogP contribution in [0.15, 0.2) is 47.5 Å². The highest BCUT2D eigenvalue weighted by atomic mass is 32.2. The molecule has 4 nitrogen and oxygen atoms in total. The Bertz CT molecular complexity index is 699. The Morgan fingerprint density at radius 1 is 1.20 bits per heavy atom. The molecule has 1 aliphatic rings. The summed E-state index contributed by atoms with van der Waals surface area (Å²) < 4.78 is 11.3. The number of carbonyl (C=O) groups excluding carboxylic acids is 1. The van der Waals surface area contributed by atoms with Crippen molar-refractivity contribution in [1.82, 2.24) is 4.98 Å². The van der Waals surface area contributed by atoms with Crippen molar-refractivity contribution >= 4 is 17.5 Å². The second kappa shape index (κ2) is 9.02. The lowest BCUT2D eigenvalue weighted by atomic mass is 10.0. The van der Waals surface area contributed by atoms with Crippen LogP contribution in [-0.4, -0.2) is 30.6 Å². The molecule has 1 saturated heterocycles. The minimum Gasteiger partial charge on any atom is -0.491 e. The van der Waals surface area contributed by atoms with E-state index in [-0.39, 0.29) is 5.78 Å². The summed E-state index contributed by atoms with van der Waals surface area (Å²) in [6.45, 7) is 3.74. The van der Waals surface area contributed by atoms with Gasteiger partial charge in [0.15, 0.2) is 5.78 Å². The van der Waals surface area contributed by atoms with E-state index in [0.29, 0.717) is 24.0 Å². The van der Waals surface area contributed by atoms with Gasteiger partial charge in [-0.15, -0.1) is 11.8 Å². The van der Waals surface area contributed by atoms with Crippen LogP contribution in [0, 0.1) is 5.92 Å². The third kappa shape index (κ3) is 5.31. The molecule has 0 spiro atoms. The van der Waals surface area contributed by atoms with Crippen LogP contribution in [0.2, 0.25) is 0 Å². The molecule has 1 fully saturated rings. The topological polar surface area (TPSA) is 48.4 Å². The number of benzene rings is 1. The highest BCUT2D eigenvalue weighted by molar-refractivity contribution is 7.98. The van der Waals surface area contributed by atoms with E-state index in [0.717, 1.165) is 36.8 Å². The number of hydrogen-bond donors (Lipinski definition) is 0. The molecule has 25 heavy (non-hydrogen) atoms. The lowest BCUT2D eigenvalue weighted by Gasteiger charge is -2.22. The van der Waals surface area contributed by atoms with Crippen LogP contribution in [0.1, 0.15) is 35.8 Å². The number of nitrogens with zero attached hydrogens (tertiary/aromatic N) is 1. The van der Waals surface area contributed by atoms with Crippen molar-refractivity contribution in [3.63, 3.8) is 0 Å². The summed E-state index contributed by atoms with van der Waals surface area (Å²) in [6, 6.07) is 14.0. The first-order valence-electron chi connectivity index (χ1n) is 8.61. The van der Waals surface area contributed by atoms with Gasteiger partial charge < -0.3 is 9.47 Å². The molecule has 5 heteroatoms. The van der Waals surface area contributed by atoms with Gasteiger partial charge in [-0.3, -0.25) is 4.79 Å². The number of ketones is 1. The van der Waals surface area contributed by atoms with Crippen molar-refractivity contribution < 1.29 is 14.3 Å². The summed E-state index contributed by atoms with van der Waals surface area (Å²) in [6.07, 6.45) is 2.02. The van der Waals surface area contributed by atoms with Gasteiger partial charge in [0.25, 0.3) is 0 Å². The van der Waals surface area contributed by atoms with Crippen molar-refractivity contribution in [1.29, 1.82) is 0 Å². The van der Waals surface area contributed by atoms with Crippen LogP contribution in [0.25, 0.3) is 0 Å². The van der Waals surface area contributed by atoms with E-state index in [1.54, 1.807) is 11.8 Å². The number of aromatic nitrogens is 1. The first-order valence-corrected chi connectivity index (χ1v) is 9.60. The predicted molar refractivity (Wildman–Crippen MR) is 99.3 cm³/mol. The van der Waals surface area contributed by atoms with Gasteiger partial charge in [0.1, 0.15) is 11.4 Å². The monoisotopic (exact) mass is 357 g/mol. The SMILES string of the molecule is CC(=O)c1nc(SCc2ccccc2)ccc1OCC1CCOCC1. The second-order valence-corrected chi connectivity index (χ2v) is 7.19. The average Bonchev–Trinajstić information content (AvgIpc) is 2.66. The lowest BCUT2D eigenvalue weighted by Crippen LogP contribution is -2.22. The summed E-state index contributed by atoms with van der Waals surface area (Å²) in [5.74, 6) is 1.83. The molecule has 0 bridgehead atoms. The Hall–Kier alpha value is -1.85. The molecular weight excluding hydrogens is 334 g/mol. The zero-order chi connectivity index (χ0) is 17.5. The van der Waals surface area contributed by atoms with E-state index in [1.807, 2.05) is 30.3 Å². The summed E-state index contributed by atoms with van der Waals surface area (Å²) in [5.41, 5.74) is 1.66. The summed E-state index contributed by atoms with van der Waals surface area (Å²) >= 11 is 1.62. The smallest absolute Gasteiger partial charge is 0.181 e. The Morgan fingerprint density at radius 2 is 1.96 bits per heavy atom. The number of rotatable bonds is 7. The van der Waals surface area contributed by atoms with Crippen LogP contribution >= 0.6 is 11.8 Å². The molecule has 0 unspecified atom stereocenters. The van der Waals surface area contributed by atoms with Crippen molar-refractivity contribution in [2.24, 2.45) is 5.92 Å². The molecule has 1 aromatic heterocycles. The highest BCUT2D eigenvalue weighted by Crippen LogP contribution is 2.26.